The fourth-order valence-corrected chi connectivity index (χ4v) is 5.32. The Hall–Kier alpha value is -2.53. The number of allylic oxidation sites excluding steroid dienone is 3. The summed E-state index contributed by atoms with van der Waals surface area (Å²) in [5, 5.41) is 16.5. The van der Waals surface area contributed by atoms with E-state index in [1.165, 1.54) is 68.7 Å². The zero-order valence-electron chi connectivity index (χ0n) is 24.5. The van der Waals surface area contributed by atoms with E-state index in [2.05, 4.69) is 4.72 Å². The molecule has 42 heavy (non-hydrogen) atoms. The van der Waals surface area contributed by atoms with Crippen LogP contribution in [-0.2, 0) is 0 Å². The molecule has 1 aliphatic heterocycles. The highest BCUT2D eigenvalue weighted by atomic mass is 35.5. The minimum absolute atomic E-state index is 0.125. The molecule has 234 valence electrons. The largest absolute Gasteiger partial charge is 0.478 e. The summed E-state index contributed by atoms with van der Waals surface area (Å²) in [6.07, 6.45) is 8.67. The van der Waals surface area contributed by atoms with E-state index in [0.29, 0.717) is 28.5 Å². The number of carbonyl (C=O) groups is 1. The molecule has 0 radical (unpaired) electrons. The van der Waals surface area contributed by atoms with Gasteiger partial charge >= 0.3 is 12.1 Å². The summed E-state index contributed by atoms with van der Waals surface area (Å²) in [5.74, 6) is -2.22. The number of benzene rings is 2. The number of aliphatic hydroxyl groups is 1. The van der Waals surface area contributed by atoms with Gasteiger partial charge in [-0.2, -0.15) is 13.2 Å². The van der Waals surface area contributed by atoms with Crippen molar-refractivity contribution in [3.63, 3.8) is 0 Å². The lowest BCUT2D eigenvalue weighted by atomic mass is 10.0. The smallest absolute Gasteiger partial charge is 0.389 e. The second-order valence-electron chi connectivity index (χ2n) is 9.02. The van der Waals surface area contributed by atoms with Crippen molar-refractivity contribution in [2.75, 3.05) is 18.7 Å². The summed E-state index contributed by atoms with van der Waals surface area (Å²) < 4.78 is 54.1. The first-order valence-electron chi connectivity index (χ1n) is 14.0. The molecule has 0 atom stereocenters. The quantitative estimate of drug-likeness (QED) is 0.167. The Morgan fingerprint density at radius 3 is 2.19 bits per heavy atom. The number of hydrogen-bond acceptors (Lipinski definition) is 5. The molecule has 1 heterocycles. The third kappa shape index (κ3) is 12.0. The van der Waals surface area contributed by atoms with Crippen LogP contribution in [0.1, 0.15) is 82.5 Å². The molecule has 0 aromatic heterocycles. The molecule has 0 unspecified atom stereocenters. The van der Waals surface area contributed by atoms with Gasteiger partial charge in [0.1, 0.15) is 5.82 Å². The maximum absolute atomic E-state index is 13.8. The van der Waals surface area contributed by atoms with Crippen LogP contribution < -0.4 is 9.62 Å². The Morgan fingerprint density at radius 2 is 1.67 bits per heavy atom. The SMILES string of the molecule is C/C=C(\C=C/CCC(F)(F)F)N1CNSc2cc(-c3ccc(F)c(C(=O)O)c3)c(Cl)cc21.C1CCCCC1.CC.CO. The van der Waals surface area contributed by atoms with Crippen LogP contribution in [0.2, 0.25) is 5.02 Å². The van der Waals surface area contributed by atoms with Gasteiger partial charge in [-0.05, 0) is 61.2 Å². The molecule has 2 aromatic carbocycles. The van der Waals surface area contributed by atoms with Crippen LogP contribution in [0.25, 0.3) is 11.1 Å². The number of nitrogens with zero attached hydrogens (tertiary/aromatic N) is 1. The standard InChI is InChI=1S/C22H19ClF4N2O2S.C6H12.C2H6.CH4O/c1-2-14(5-3-4-8-22(25,26)27)29-12-28-32-20-10-15(17(23)11-19(20)29)13-6-7-18(24)16(9-13)21(30)31;1-2-4-6-5-3-1;2*1-2/h2-3,5-7,9-11,28H,4,8,12H2,1H3,(H,30,31);1-6H2;1-2H3;2H,1H3/b5-3-,14-2+;;;. The number of alkyl halides is 3. The topological polar surface area (TPSA) is 72.8 Å². The molecule has 5 nitrogen and oxygen atoms in total. The first-order valence-corrected chi connectivity index (χ1v) is 15.2. The lowest BCUT2D eigenvalue weighted by Gasteiger charge is -2.32. The second-order valence-corrected chi connectivity index (χ2v) is 10.4. The third-order valence-corrected chi connectivity index (χ3v) is 7.38. The van der Waals surface area contributed by atoms with E-state index < -0.39 is 29.9 Å². The van der Waals surface area contributed by atoms with E-state index in [-0.39, 0.29) is 6.42 Å². The molecular weight excluding hydrogens is 592 g/mol. The van der Waals surface area contributed by atoms with E-state index in [4.69, 9.17) is 16.7 Å². The molecule has 4 rings (SSSR count). The number of rotatable bonds is 6. The van der Waals surface area contributed by atoms with Crippen LogP contribution in [0.4, 0.5) is 23.2 Å². The Balaban J connectivity index is 0.000000759. The van der Waals surface area contributed by atoms with Crippen LogP contribution in [-0.4, -0.2) is 36.1 Å². The Kier molecular flexibility index (Phi) is 17.5. The van der Waals surface area contributed by atoms with Gasteiger partial charge in [0.05, 0.1) is 22.9 Å². The van der Waals surface area contributed by atoms with Crippen molar-refractivity contribution >= 4 is 35.2 Å². The molecule has 1 aliphatic carbocycles. The summed E-state index contributed by atoms with van der Waals surface area (Å²) in [6.45, 7) is 6.18. The molecule has 0 spiro atoms. The maximum atomic E-state index is 13.8. The number of halogens is 5. The van der Waals surface area contributed by atoms with Gasteiger partial charge in [-0.15, -0.1) is 0 Å². The van der Waals surface area contributed by atoms with E-state index in [0.717, 1.165) is 23.8 Å². The number of hydrogen-bond donors (Lipinski definition) is 3. The second kappa shape index (κ2) is 19.6. The fourth-order valence-electron chi connectivity index (χ4n) is 4.26. The average Bonchev–Trinajstić information content (AvgIpc) is 3.00. The van der Waals surface area contributed by atoms with Gasteiger partial charge in [-0.25, -0.2) is 13.9 Å². The molecule has 11 heteroatoms. The number of fused-ring (bicyclic) bond motifs is 1. The molecule has 1 fully saturated rings. The molecule has 0 saturated heterocycles. The predicted molar refractivity (Wildman–Crippen MR) is 166 cm³/mol. The first-order chi connectivity index (χ1) is 20.1. The van der Waals surface area contributed by atoms with E-state index in [1.807, 2.05) is 18.7 Å². The average molecular weight is 633 g/mol. The van der Waals surface area contributed by atoms with Crippen LogP contribution in [0.5, 0.6) is 0 Å². The lowest BCUT2D eigenvalue weighted by molar-refractivity contribution is -0.133. The number of aromatic carboxylic acids is 1. The molecule has 2 aromatic rings. The zero-order valence-corrected chi connectivity index (χ0v) is 26.1. The summed E-state index contributed by atoms with van der Waals surface area (Å²) in [7, 11) is 1.00. The highest BCUT2D eigenvalue weighted by Gasteiger charge is 2.26. The number of carboxylic acid groups (broad SMARTS) is 1. The summed E-state index contributed by atoms with van der Waals surface area (Å²) >= 11 is 7.84. The predicted octanol–water partition coefficient (Wildman–Crippen LogP) is 10.00. The van der Waals surface area contributed by atoms with Gasteiger partial charge in [0.25, 0.3) is 0 Å². The van der Waals surface area contributed by atoms with Crippen LogP contribution in [0, 0.1) is 5.82 Å². The molecule has 1 saturated carbocycles. The van der Waals surface area contributed by atoms with Crippen molar-refractivity contribution in [1.82, 2.24) is 4.72 Å². The van der Waals surface area contributed by atoms with Gasteiger partial charge in [-0.1, -0.05) is 82.2 Å². The Bertz CT molecular complexity index is 1170. The van der Waals surface area contributed by atoms with Gasteiger partial charge in [0, 0.05) is 29.7 Å². The number of nitrogens with one attached hydrogen (secondary N) is 1. The lowest BCUT2D eigenvalue weighted by Crippen LogP contribution is -2.33. The minimum Gasteiger partial charge on any atom is -0.478 e. The van der Waals surface area contributed by atoms with Crippen molar-refractivity contribution in [3.05, 3.63) is 70.7 Å². The van der Waals surface area contributed by atoms with Crippen molar-refractivity contribution < 1.29 is 32.6 Å². The van der Waals surface area contributed by atoms with Gasteiger partial charge < -0.3 is 15.1 Å². The third-order valence-electron chi connectivity index (χ3n) is 6.24. The van der Waals surface area contributed by atoms with Crippen LogP contribution >= 0.6 is 23.5 Å². The minimum atomic E-state index is -4.21. The number of aliphatic hydroxyl groups excluding tert-OH is 1. The van der Waals surface area contributed by atoms with Gasteiger partial charge in [0.15, 0.2) is 0 Å². The normalized spacial score (nSPS) is 14.9. The zero-order chi connectivity index (χ0) is 31.7. The molecule has 2 aliphatic rings. The summed E-state index contributed by atoms with van der Waals surface area (Å²) in [6, 6.07) is 7.23. The van der Waals surface area contributed by atoms with E-state index >= 15 is 0 Å². The molecule has 3 N–H and O–H groups in total. The Labute approximate surface area is 255 Å². The maximum Gasteiger partial charge on any atom is 0.389 e. The number of anilines is 1. The monoisotopic (exact) mass is 632 g/mol. The highest BCUT2D eigenvalue weighted by Crippen LogP contribution is 2.42. The highest BCUT2D eigenvalue weighted by molar-refractivity contribution is 7.97. The van der Waals surface area contributed by atoms with Crippen molar-refractivity contribution in [1.29, 1.82) is 0 Å². The van der Waals surface area contributed by atoms with Crippen molar-refractivity contribution in [2.45, 2.75) is 83.2 Å². The van der Waals surface area contributed by atoms with Gasteiger partial charge in [-0.3, -0.25) is 0 Å². The fraction of sp³-hybridized carbons (Fsp3) is 0.452. The number of carboxylic acids is 1. The first kappa shape index (κ1) is 37.5. The molecule has 0 bridgehead atoms. The molecular formula is C31H41ClF4N2O3S. The van der Waals surface area contributed by atoms with E-state index in [9.17, 15) is 27.5 Å². The molecule has 0 amide bonds. The Morgan fingerprint density at radius 1 is 1.07 bits per heavy atom. The van der Waals surface area contributed by atoms with Crippen molar-refractivity contribution in [2.24, 2.45) is 0 Å². The van der Waals surface area contributed by atoms with Crippen LogP contribution in [0.15, 0.2) is 59.2 Å². The van der Waals surface area contributed by atoms with Gasteiger partial charge in [0.2, 0.25) is 0 Å². The summed E-state index contributed by atoms with van der Waals surface area (Å²) in [5.41, 5.74) is 1.97. The summed E-state index contributed by atoms with van der Waals surface area (Å²) in [4.78, 5) is 13.9. The van der Waals surface area contributed by atoms with E-state index in [1.54, 1.807) is 31.2 Å². The van der Waals surface area contributed by atoms with Crippen molar-refractivity contribution in [3.8, 4) is 11.1 Å². The van der Waals surface area contributed by atoms with Crippen LogP contribution in [0.3, 0.4) is 0 Å².